The molecule has 0 unspecified atom stereocenters. The van der Waals surface area contributed by atoms with E-state index < -0.39 is 12.4 Å². The fraction of sp³-hybridized carbons (Fsp3) is 0.400. The number of esters is 1. The second-order valence-electron chi connectivity index (χ2n) is 3.10. The smallest absolute Gasteiger partial charge is 0.310 e. The molecule has 7 heteroatoms. The van der Waals surface area contributed by atoms with Crippen molar-refractivity contribution in [3.05, 3.63) is 26.4 Å². The van der Waals surface area contributed by atoms with Crippen LogP contribution in [0.4, 0.5) is 8.78 Å². The van der Waals surface area contributed by atoms with E-state index in [1.807, 2.05) is 0 Å². The van der Waals surface area contributed by atoms with Crippen LogP contribution in [0.2, 0.25) is 0 Å². The summed E-state index contributed by atoms with van der Waals surface area (Å²) in [6, 6.07) is 1.24. The van der Waals surface area contributed by atoms with E-state index in [4.69, 9.17) is 4.74 Å². The molecule has 0 radical (unpaired) electrons. The van der Waals surface area contributed by atoms with Crippen LogP contribution in [0.25, 0.3) is 0 Å². The Morgan fingerprint density at radius 3 is 2.65 bits per heavy atom. The normalized spacial score (nSPS) is 10.7. The first kappa shape index (κ1) is 14.5. The van der Waals surface area contributed by atoms with E-state index in [2.05, 4.69) is 36.8 Å². The molecule has 0 fully saturated rings. The van der Waals surface area contributed by atoms with Crippen molar-refractivity contribution >= 4 is 37.8 Å². The third kappa shape index (κ3) is 3.99. The Morgan fingerprint density at radius 1 is 1.47 bits per heavy atom. The second-order valence-corrected chi connectivity index (χ2v) is 4.60. The molecule has 1 heterocycles. The van der Waals surface area contributed by atoms with E-state index in [-0.39, 0.29) is 23.2 Å². The maximum Gasteiger partial charge on any atom is 0.310 e. The molecule has 1 aromatic heterocycles. The van der Waals surface area contributed by atoms with Crippen LogP contribution in [0.3, 0.4) is 0 Å². The van der Waals surface area contributed by atoms with E-state index in [9.17, 15) is 13.6 Å². The summed E-state index contributed by atoms with van der Waals surface area (Å²) >= 11 is 6.06. The first-order valence-electron chi connectivity index (χ1n) is 4.74. The molecule has 0 bridgehead atoms. The highest BCUT2D eigenvalue weighted by atomic mass is 79.9. The van der Waals surface area contributed by atoms with E-state index in [0.717, 1.165) is 0 Å². The number of nitrogens with zero attached hydrogens (tertiary/aromatic N) is 1. The Hall–Kier alpha value is -0.560. The Morgan fingerprint density at radius 2 is 2.12 bits per heavy atom. The zero-order chi connectivity index (χ0) is 13.0. The summed E-state index contributed by atoms with van der Waals surface area (Å²) < 4.78 is 30.4. The zero-order valence-corrected chi connectivity index (χ0v) is 12.0. The summed E-state index contributed by atoms with van der Waals surface area (Å²) in [6.45, 7) is 1.93. The number of rotatable bonds is 4. The van der Waals surface area contributed by atoms with Crippen molar-refractivity contribution in [2.75, 3.05) is 6.61 Å². The molecule has 0 N–H and O–H groups in total. The third-order valence-electron chi connectivity index (χ3n) is 1.90. The van der Waals surface area contributed by atoms with Gasteiger partial charge in [-0.25, -0.2) is 13.8 Å². The number of pyridine rings is 1. The first-order chi connectivity index (χ1) is 7.95. The fourth-order valence-corrected chi connectivity index (χ4v) is 2.31. The number of carbonyl (C=O) groups is 1. The van der Waals surface area contributed by atoms with Crippen molar-refractivity contribution in [2.45, 2.75) is 19.8 Å². The Balaban J connectivity index is 2.99. The number of alkyl halides is 2. The summed E-state index contributed by atoms with van der Waals surface area (Å²) in [6.07, 6.45) is -2.74. The van der Waals surface area contributed by atoms with Crippen molar-refractivity contribution in [1.29, 1.82) is 0 Å². The average molecular weight is 373 g/mol. The summed E-state index contributed by atoms with van der Waals surface area (Å²) in [5.74, 6) is -0.475. The molecule has 94 valence electrons. The SMILES string of the molecule is CCOC(=O)Cc1cc(C(F)F)c(Br)nc1Br. The first-order valence-corrected chi connectivity index (χ1v) is 6.32. The largest absolute Gasteiger partial charge is 0.466 e. The van der Waals surface area contributed by atoms with Crippen molar-refractivity contribution < 1.29 is 18.3 Å². The number of aromatic nitrogens is 1. The van der Waals surface area contributed by atoms with Crippen LogP contribution in [0.15, 0.2) is 15.3 Å². The van der Waals surface area contributed by atoms with Gasteiger partial charge in [-0.1, -0.05) is 0 Å². The lowest BCUT2D eigenvalue weighted by Gasteiger charge is -2.08. The van der Waals surface area contributed by atoms with Gasteiger partial charge in [0.05, 0.1) is 18.6 Å². The van der Waals surface area contributed by atoms with Crippen molar-refractivity contribution in [3.63, 3.8) is 0 Å². The molecule has 0 amide bonds. The second kappa shape index (κ2) is 6.39. The van der Waals surface area contributed by atoms with E-state index >= 15 is 0 Å². The molecular weight excluding hydrogens is 364 g/mol. The molecule has 17 heavy (non-hydrogen) atoms. The van der Waals surface area contributed by atoms with Gasteiger partial charge >= 0.3 is 5.97 Å². The molecule has 1 rings (SSSR count). The number of hydrogen-bond donors (Lipinski definition) is 0. The number of ether oxygens (including phenoxy) is 1. The highest BCUT2D eigenvalue weighted by Gasteiger charge is 2.17. The maximum absolute atomic E-state index is 12.6. The van der Waals surface area contributed by atoms with Gasteiger partial charge in [0.2, 0.25) is 0 Å². The lowest BCUT2D eigenvalue weighted by molar-refractivity contribution is -0.142. The fourth-order valence-electron chi connectivity index (χ4n) is 1.17. The monoisotopic (exact) mass is 371 g/mol. The van der Waals surface area contributed by atoms with Crippen LogP contribution in [0, 0.1) is 0 Å². The van der Waals surface area contributed by atoms with Crippen LogP contribution in [0.1, 0.15) is 24.5 Å². The predicted molar refractivity (Wildman–Crippen MR) is 64.9 cm³/mol. The average Bonchev–Trinajstić information content (AvgIpc) is 2.21. The summed E-state index contributed by atoms with van der Waals surface area (Å²) in [4.78, 5) is 15.1. The van der Waals surface area contributed by atoms with Crippen molar-refractivity contribution in [3.8, 4) is 0 Å². The van der Waals surface area contributed by atoms with Gasteiger partial charge in [-0.15, -0.1) is 0 Å². The van der Waals surface area contributed by atoms with Gasteiger partial charge in [-0.05, 0) is 50.4 Å². The minimum atomic E-state index is -2.65. The number of carbonyl (C=O) groups excluding carboxylic acids is 1. The zero-order valence-electron chi connectivity index (χ0n) is 8.84. The number of halogens is 4. The molecule has 0 aliphatic heterocycles. The van der Waals surface area contributed by atoms with Gasteiger partial charge in [-0.3, -0.25) is 4.79 Å². The van der Waals surface area contributed by atoms with Crippen LogP contribution in [-0.2, 0) is 16.0 Å². The maximum atomic E-state index is 12.6. The summed E-state index contributed by atoms with van der Waals surface area (Å²) in [7, 11) is 0. The molecule has 1 aromatic rings. The van der Waals surface area contributed by atoms with Gasteiger partial charge in [0.25, 0.3) is 6.43 Å². The van der Waals surface area contributed by atoms with Crippen molar-refractivity contribution in [1.82, 2.24) is 4.98 Å². The molecule has 0 aliphatic carbocycles. The van der Waals surface area contributed by atoms with Gasteiger partial charge in [0.15, 0.2) is 0 Å². The molecule has 0 saturated carbocycles. The minimum absolute atomic E-state index is 0.0620. The molecule has 0 aromatic carbocycles. The predicted octanol–water partition coefficient (Wildman–Crippen LogP) is 3.65. The minimum Gasteiger partial charge on any atom is -0.466 e. The standard InChI is InChI=1S/C10H9Br2F2NO2/c1-2-17-7(16)4-5-3-6(10(13)14)9(12)15-8(5)11/h3,10H,2,4H2,1H3. The lowest BCUT2D eigenvalue weighted by Crippen LogP contribution is -2.09. The highest BCUT2D eigenvalue weighted by molar-refractivity contribution is 9.11. The molecule has 0 spiro atoms. The van der Waals surface area contributed by atoms with Crippen LogP contribution in [0.5, 0.6) is 0 Å². The van der Waals surface area contributed by atoms with Crippen LogP contribution < -0.4 is 0 Å². The number of hydrogen-bond acceptors (Lipinski definition) is 3. The Labute approximate surface area is 114 Å². The molecular formula is C10H9Br2F2NO2. The summed E-state index contributed by atoms with van der Waals surface area (Å²) in [5.41, 5.74) is 0.134. The molecule has 0 saturated heterocycles. The van der Waals surface area contributed by atoms with Gasteiger partial charge in [0, 0.05) is 0 Å². The topological polar surface area (TPSA) is 39.2 Å². The van der Waals surface area contributed by atoms with Crippen LogP contribution in [-0.4, -0.2) is 17.6 Å². The quantitative estimate of drug-likeness (QED) is 0.598. The lowest BCUT2D eigenvalue weighted by atomic mass is 10.1. The molecule has 0 aliphatic rings. The van der Waals surface area contributed by atoms with Crippen LogP contribution >= 0.6 is 31.9 Å². The van der Waals surface area contributed by atoms with Gasteiger partial charge < -0.3 is 4.74 Å². The van der Waals surface area contributed by atoms with E-state index in [1.165, 1.54) is 6.07 Å². The summed E-state index contributed by atoms with van der Waals surface area (Å²) in [5, 5.41) is 0. The van der Waals surface area contributed by atoms with Crippen molar-refractivity contribution in [2.24, 2.45) is 0 Å². The molecule has 3 nitrogen and oxygen atoms in total. The van der Waals surface area contributed by atoms with E-state index in [1.54, 1.807) is 6.92 Å². The Kier molecular flexibility index (Phi) is 5.45. The Bertz CT molecular complexity index is 427. The van der Waals surface area contributed by atoms with Gasteiger partial charge in [-0.2, -0.15) is 0 Å². The van der Waals surface area contributed by atoms with E-state index in [0.29, 0.717) is 10.2 Å². The van der Waals surface area contributed by atoms with Gasteiger partial charge in [0.1, 0.15) is 9.21 Å². The molecule has 0 atom stereocenters. The third-order valence-corrected chi connectivity index (χ3v) is 3.23. The highest BCUT2D eigenvalue weighted by Crippen LogP contribution is 2.30.